The van der Waals surface area contributed by atoms with Gasteiger partial charge in [0.2, 0.25) is 0 Å². The summed E-state index contributed by atoms with van der Waals surface area (Å²) >= 11 is 0. The van der Waals surface area contributed by atoms with E-state index in [2.05, 4.69) is 20.4 Å². The van der Waals surface area contributed by atoms with Gasteiger partial charge in [-0.3, -0.25) is 0 Å². The van der Waals surface area contributed by atoms with Crippen LogP contribution >= 0.6 is 0 Å². The maximum absolute atomic E-state index is 11.1. The minimum Gasteiger partial charge on any atom is -0.465 e. The van der Waals surface area contributed by atoms with E-state index in [0.29, 0.717) is 18.6 Å². The van der Waals surface area contributed by atoms with Crippen LogP contribution < -0.4 is 0 Å². The number of piperidine rings is 1. The fourth-order valence-electron chi connectivity index (χ4n) is 4.48. The van der Waals surface area contributed by atoms with E-state index < -0.39 is 6.09 Å². The van der Waals surface area contributed by atoms with E-state index in [0.717, 1.165) is 51.7 Å². The molecule has 1 N–H and O–H groups in total. The molecule has 0 bridgehead atoms. The van der Waals surface area contributed by atoms with Gasteiger partial charge in [0.1, 0.15) is 6.33 Å². The van der Waals surface area contributed by atoms with Gasteiger partial charge in [-0.05, 0) is 47.9 Å². The minimum absolute atomic E-state index is 0.274. The number of rotatable bonds is 2. The molecule has 120 valence electrons. The summed E-state index contributed by atoms with van der Waals surface area (Å²) in [5.41, 5.74) is 0.274. The zero-order valence-electron chi connectivity index (χ0n) is 12.6. The normalized spacial score (nSPS) is 33.3. The number of hydrogen-bond acceptors (Lipinski definition) is 5. The zero-order chi connectivity index (χ0) is 15.2. The lowest BCUT2D eigenvalue weighted by Gasteiger charge is -2.51. The maximum atomic E-state index is 11.1. The smallest absolute Gasteiger partial charge is 0.407 e. The standard InChI is InChI=1S/C14H22N6O2/c21-13(22)19-6-3-14(9-19)7-12(8-14)18-4-1-11(2-5-18)20-10-15-16-17-20/h10-12H,1-9H2,(H,21,22). The Balaban J connectivity index is 1.27. The van der Waals surface area contributed by atoms with Crippen molar-refractivity contribution in [3.63, 3.8) is 0 Å². The molecule has 1 aromatic rings. The molecule has 1 spiro atoms. The number of amides is 1. The average Bonchev–Trinajstić information content (AvgIpc) is 3.15. The van der Waals surface area contributed by atoms with Crippen molar-refractivity contribution in [1.29, 1.82) is 0 Å². The van der Waals surface area contributed by atoms with Gasteiger partial charge >= 0.3 is 6.09 Å². The van der Waals surface area contributed by atoms with Gasteiger partial charge in [-0.1, -0.05) is 0 Å². The van der Waals surface area contributed by atoms with E-state index in [1.54, 1.807) is 11.2 Å². The fraction of sp³-hybridized carbons (Fsp3) is 0.857. The van der Waals surface area contributed by atoms with Crippen LogP contribution in [-0.2, 0) is 0 Å². The summed E-state index contributed by atoms with van der Waals surface area (Å²) in [6.07, 6.45) is 6.49. The number of carbonyl (C=O) groups is 1. The van der Waals surface area contributed by atoms with Gasteiger partial charge in [-0.15, -0.1) is 5.10 Å². The predicted molar refractivity (Wildman–Crippen MR) is 77.3 cm³/mol. The Morgan fingerprint density at radius 1 is 1.18 bits per heavy atom. The number of carboxylic acid groups (broad SMARTS) is 1. The topological polar surface area (TPSA) is 87.4 Å². The first-order chi connectivity index (χ1) is 10.7. The highest BCUT2D eigenvalue weighted by atomic mass is 16.4. The van der Waals surface area contributed by atoms with Crippen molar-refractivity contribution in [1.82, 2.24) is 30.0 Å². The Morgan fingerprint density at radius 2 is 1.95 bits per heavy atom. The third kappa shape index (κ3) is 2.35. The van der Waals surface area contributed by atoms with E-state index in [1.807, 2.05) is 4.68 Å². The molecule has 3 heterocycles. The molecule has 0 atom stereocenters. The third-order valence-electron chi connectivity index (χ3n) is 5.80. The molecule has 3 aliphatic rings. The molecule has 0 unspecified atom stereocenters. The molecule has 8 nitrogen and oxygen atoms in total. The van der Waals surface area contributed by atoms with Crippen molar-refractivity contribution in [2.45, 2.75) is 44.2 Å². The lowest BCUT2D eigenvalue weighted by molar-refractivity contribution is -0.00831. The van der Waals surface area contributed by atoms with Crippen LogP contribution in [-0.4, -0.2) is 73.4 Å². The third-order valence-corrected chi connectivity index (χ3v) is 5.80. The number of hydrogen-bond donors (Lipinski definition) is 1. The molecule has 1 amide bonds. The van der Waals surface area contributed by atoms with Crippen molar-refractivity contribution in [3.05, 3.63) is 6.33 Å². The summed E-state index contributed by atoms with van der Waals surface area (Å²) in [5, 5.41) is 20.5. The molecular formula is C14H22N6O2. The van der Waals surface area contributed by atoms with E-state index >= 15 is 0 Å². The number of nitrogens with zero attached hydrogens (tertiary/aromatic N) is 6. The van der Waals surface area contributed by atoms with E-state index in [4.69, 9.17) is 5.11 Å². The van der Waals surface area contributed by atoms with Gasteiger partial charge < -0.3 is 14.9 Å². The number of aromatic nitrogens is 4. The van der Waals surface area contributed by atoms with E-state index in [-0.39, 0.29) is 5.41 Å². The summed E-state index contributed by atoms with van der Waals surface area (Å²) in [5.74, 6) is 0. The van der Waals surface area contributed by atoms with Crippen molar-refractivity contribution >= 4 is 6.09 Å². The van der Waals surface area contributed by atoms with Crippen LogP contribution in [0.2, 0.25) is 0 Å². The Hall–Kier alpha value is -1.70. The van der Waals surface area contributed by atoms with Crippen LogP contribution in [0.4, 0.5) is 4.79 Å². The minimum atomic E-state index is -0.761. The second-order valence-corrected chi connectivity index (χ2v) is 7.07. The van der Waals surface area contributed by atoms with Gasteiger partial charge in [-0.25, -0.2) is 9.48 Å². The van der Waals surface area contributed by atoms with Gasteiger partial charge in [0.25, 0.3) is 0 Å². The summed E-state index contributed by atoms with van der Waals surface area (Å²) in [6, 6.07) is 1.07. The van der Waals surface area contributed by atoms with Crippen LogP contribution in [0.1, 0.15) is 38.1 Å². The average molecular weight is 306 g/mol. The molecule has 4 rings (SSSR count). The molecule has 22 heavy (non-hydrogen) atoms. The zero-order valence-corrected chi connectivity index (χ0v) is 12.6. The first kappa shape index (κ1) is 13.9. The molecule has 3 fully saturated rings. The highest BCUT2D eigenvalue weighted by Gasteiger charge is 2.51. The van der Waals surface area contributed by atoms with Crippen LogP contribution in [0, 0.1) is 5.41 Å². The van der Waals surface area contributed by atoms with Crippen molar-refractivity contribution in [3.8, 4) is 0 Å². The van der Waals surface area contributed by atoms with Gasteiger partial charge in [0.05, 0.1) is 6.04 Å². The van der Waals surface area contributed by atoms with E-state index in [9.17, 15) is 4.79 Å². The second kappa shape index (κ2) is 5.19. The van der Waals surface area contributed by atoms with Crippen LogP contribution in [0.5, 0.6) is 0 Å². The molecule has 0 radical (unpaired) electrons. The summed E-state index contributed by atoms with van der Waals surface area (Å²) in [4.78, 5) is 15.2. The Kier molecular flexibility index (Phi) is 3.28. The van der Waals surface area contributed by atoms with Gasteiger partial charge in [0, 0.05) is 32.2 Å². The molecule has 1 aromatic heterocycles. The molecule has 8 heteroatoms. The summed E-state index contributed by atoms with van der Waals surface area (Å²) in [7, 11) is 0. The quantitative estimate of drug-likeness (QED) is 0.871. The Labute approximate surface area is 129 Å². The fourth-order valence-corrected chi connectivity index (χ4v) is 4.48. The van der Waals surface area contributed by atoms with Crippen molar-refractivity contribution in [2.24, 2.45) is 5.41 Å². The van der Waals surface area contributed by atoms with Gasteiger partial charge in [-0.2, -0.15) is 0 Å². The maximum Gasteiger partial charge on any atom is 0.407 e. The highest BCUT2D eigenvalue weighted by molar-refractivity contribution is 5.65. The lowest BCUT2D eigenvalue weighted by Crippen LogP contribution is -2.54. The predicted octanol–water partition coefficient (Wildman–Crippen LogP) is 0.843. The SMILES string of the molecule is O=C(O)N1CCC2(CC(N3CCC(n4cnnn4)CC3)C2)C1. The van der Waals surface area contributed by atoms with E-state index in [1.165, 1.54) is 0 Å². The van der Waals surface area contributed by atoms with Crippen LogP contribution in [0.15, 0.2) is 6.33 Å². The number of tetrazole rings is 1. The Bertz CT molecular complexity index is 534. The number of likely N-dealkylation sites (tertiary alicyclic amines) is 2. The molecule has 0 aromatic carbocycles. The molecule has 1 saturated carbocycles. The first-order valence-electron chi connectivity index (χ1n) is 8.10. The lowest BCUT2D eigenvalue weighted by atomic mass is 9.64. The molecule has 2 aliphatic heterocycles. The first-order valence-corrected chi connectivity index (χ1v) is 8.10. The monoisotopic (exact) mass is 306 g/mol. The molecule has 1 aliphatic carbocycles. The summed E-state index contributed by atoms with van der Waals surface area (Å²) in [6.45, 7) is 3.63. The van der Waals surface area contributed by atoms with Crippen LogP contribution in [0.25, 0.3) is 0 Å². The molecule has 2 saturated heterocycles. The van der Waals surface area contributed by atoms with Gasteiger partial charge in [0.15, 0.2) is 0 Å². The molecular weight excluding hydrogens is 284 g/mol. The summed E-state index contributed by atoms with van der Waals surface area (Å²) < 4.78 is 1.88. The van der Waals surface area contributed by atoms with Crippen molar-refractivity contribution < 1.29 is 9.90 Å². The Morgan fingerprint density at radius 3 is 2.55 bits per heavy atom. The largest absolute Gasteiger partial charge is 0.465 e. The second-order valence-electron chi connectivity index (χ2n) is 7.07. The highest BCUT2D eigenvalue weighted by Crippen LogP contribution is 2.50. The van der Waals surface area contributed by atoms with Crippen LogP contribution in [0.3, 0.4) is 0 Å². The van der Waals surface area contributed by atoms with Crippen molar-refractivity contribution in [2.75, 3.05) is 26.2 Å².